The number of amides is 2. The predicted octanol–water partition coefficient (Wildman–Crippen LogP) is 6.04. The van der Waals surface area contributed by atoms with E-state index in [4.69, 9.17) is 34.6 Å². The Labute approximate surface area is 271 Å². The Hall–Kier alpha value is -4.30. The molecule has 0 unspecified atom stereocenters. The lowest BCUT2D eigenvalue weighted by atomic mass is 10.1. The van der Waals surface area contributed by atoms with E-state index in [-0.39, 0.29) is 8.64 Å². The Morgan fingerprint density at radius 3 is 1.36 bits per heavy atom. The van der Waals surface area contributed by atoms with Crippen molar-refractivity contribution in [1.29, 1.82) is 0 Å². The molecule has 3 aromatic rings. The number of hydrogen-bond acceptors (Lipinski definition) is 9. The smallest absolute Gasteiger partial charge is 0.323 e. The van der Waals surface area contributed by atoms with Crippen molar-refractivity contribution in [3.05, 3.63) is 99.3 Å². The second-order valence-corrected chi connectivity index (χ2v) is 13.0. The third-order valence-electron chi connectivity index (χ3n) is 6.52. The fourth-order valence-electron chi connectivity index (χ4n) is 4.43. The second kappa shape index (κ2) is 13.1. The van der Waals surface area contributed by atoms with E-state index in [2.05, 4.69) is 4.90 Å². The molecule has 222 valence electrons. The van der Waals surface area contributed by atoms with Gasteiger partial charge in [0.15, 0.2) is 0 Å². The summed E-state index contributed by atoms with van der Waals surface area (Å²) in [6.45, 7) is 1.05. The van der Waals surface area contributed by atoms with Crippen molar-refractivity contribution in [1.82, 2.24) is 9.80 Å². The highest BCUT2D eigenvalue weighted by atomic mass is 32.2. The van der Waals surface area contributed by atoms with Gasteiger partial charge in [-0.1, -0.05) is 89.9 Å². The van der Waals surface area contributed by atoms with Gasteiger partial charge in [-0.3, -0.25) is 29.0 Å². The van der Waals surface area contributed by atoms with E-state index in [0.717, 1.165) is 67.1 Å². The molecule has 2 heterocycles. The Kier molecular flexibility index (Phi) is 9.30. The van der Waals surface area contributed by atoms with Gasteiger partial charge in [-0.2, -0.15) is 0 Å². The minimum Gasteiger partial charge on any atom is -0.480 e. The van der Waals surface area contributed by atoms with Gasteiger partial charge in [0, 0.05) is 17.1 Å². The van der Waals surface area contributed by atoms with Crippen molar-refractivity contribution >= 4 is 110 Å². The van der Waals surface area contributed by atoms with Crippen LogP contribution >= 0.6 is 48.0 Å². The minimum absolute atomic E-state index is 0.209. The zero-order chi connectivity index (χ0) is 31.5. The van der Waals surface area contributed by atoms with E-state index >= 15 is 0 Å². The number of carboxylic acid groups (broad SMARTS) is 2. The molecule has 9 nitrogen and oxygen atoms in total. The zero-order valence-electron chi connectivity index (χ0n) is 23.0. The number of carboxylic acids is 2. The predicted molar refractivity (Wildman–Crippen MR) is 181 cm³/mol. The van der Waals surface area contributed by atoms with Crippen molar-refractivity contribution in [3.8, 4) is 0 Å². The first-order valence-electron chi connectivity index (χ1n) is 13.0. The minimum atomic E-state index is -1.13. The standard InChI is InChI=1S/C31H23N3O6S4/c1-18-2-8-21(9-3-18)34(22-10-4-19(5-11-22)14-24-28(39)32(16-26(35)36)30(41)43-24)23-12-6-20(7-13-23)15-25-29(40)33(17-27(37)38)31(42)44-25/h2-15H,16-17H2,1H3,(H,35,36)(H,37,38)/b24-14-,25-15+. The molecule has 0 atom stereocenters. The highest BCUT2D eigenvalue weighted by Gasteiger charge is 2.34. The van der Waals surface area contributed by atoms with Gasteiger partial charge >= 0.3 is 11.9 Å². The third kappa shape index (κ3) is 6.91. The Morgan fingerprint density at radius 1 is 0.682 bits per heavy atom. The Bertz CT molecular complexity index is 1640. The van der Waals surface area contributed by atoms with Crippen molar-refractivity contribution in [2.75, 3.05) is 18.0 Å². The van der Waals surface area contributed by atoms with E-state index < -0.39 is 36.8 Å². The molecule has 2 amide bonds. The number of aliphatic carboxylic acids is 2. The fourth-order valence-corrected chi connectivity index (χ4v) is 6.94. The lowest BCUT2D eigenvalue weighted by Crippen LogP contribution is -2.33. The molecule has 0 aliphatic carbocycles. The fraction of sp³-hybridized carbons (Fsp3) is 0.0968. The monoisotopic (exact) mass is 661 g/mol. The summed E-state index contributed by atoms with van der Waals surface area (Å²) in [7, 11) is 0. The summed E-state index contributed by atoms with van der Waals surface area (Å²) in [6, 6.07) is 23.2. The van der Waals surface area contributed by atoms with Crippen LogP contribution in [0.4, 0.5) is 17.1 Å². The van der Waals surface area contributed by atoms with Crippen LogP contribution in [0.5, 0.6) is 0 Å². The van der Waals surface area contributed by atoms with E-state index in [1.165, 1.54) is 0 Å². The highest BCUT2D eigenvalue weighted by molar-refractivity contribution is 8.27. The molecule has 0 bridgehead atoms. The van der Waals surface area contributed by atoms with Gasteiger partial charge in [-0.05, 0) is 66.6 Å². The third-order valence-corrected chi connectivity index (χ3v) is 9.28. The number of anilines is 3. The van der Waals surface area contributed by atoms with Crippen LogP contribution in [0, 0.1) is 6.92 Å². The van der Waals surface area contributed by atoms with Crippen molar-refractivity contribution < 1.29 is 29.4 Å². The molecule has 2 aliphatic heterocycles. The number of hydrogen-bond donors (Lipinski definition) is 2. The molecule has 44 heavy (non-hydrogen) atoms. The number of carbonyl (C=O) groups excluding carboxylic acids is 2. The molecular weight excluding hydrogens is 639 g/mol. The number of nitrogens with zero attached hydrogens (tertiary/aromatic N) is 3. The molecule has 5 rings (SSSR count). The molecule has 2 fully saturated rings. The number of aryl methyl sites for hydroxylation is 1. The highest BCUT2D eigenvalue weighted by Crippen LogP contribution is 2.37. The lowest BCUT2D eigenvalue weighted by molar-refractivity contribution is -0.140. The van der Waals surface area contributed by atoms with Gasteiger partial charge in [0.2, 0.25) is 0 Å². The molecule has 2 saturated heterocycles. The van der Waals surface area contributed by atoms with Crippen molar-refractivity contribution in [3.63, 3.8) is 0 Å². The van der Waals surface area contributed by atoms with E-state index in [9.17, 15) is 19.2 Å². The molecule has 0 radical (unpaired) electrons. The van der Waals surface area contributed by atoms with E-state index in [1.807, 2.05) is 79.7 Å². The van der Waals surface area contributed by atoms with E-state index in [1.54, 1.807) is 12.2 Å². The van der Waals surface area contributed by atoms with Gasteiger partial charge in [0.1, 0.15) is 21.7 Å². The molecule has 2 N–H and O–H groups in total. The Balaban J connectivity index is 1.41. The maximum atomic E-state index is 12.7. The van der Waals surface area contributed by atoms with Crippen LogP contribution < -0.4 is 4.90 Å². The van der Waals surface area contributed by atoms with Crippen LogP contribution in [0.1, 0.15) is 16.7 Å². The molecule has 13 heteroatoms. The van der Waals surface area contributed by atoms with Gasteiger partial charge in [-0.15, -0.1) is 0 Å². The molecule has 0 saturated carbocycles. The zero-order valence-corrected chi connectivity index (χ0v) is 26.3. The SMILES string of the molecule is Cc1ccc(N(c2ccc(/C=C3\SC(=S)N(CC(=O)O)C3=O)cc2)c2ccc(/C=C3/SC(=S)N(CC(=O)O)C3=O)cc2)cc1. The molecule has 3 aromatic carbocycles. The average Bonchev–Trinajstić information content (AvgIpc) is 3.39. The maximum Gasteiger partial charge on any atom is 0.323 e. The summed E-state index contributed by atoms with van der Waals surface area (Å²) < 4.78 is 0.419. The van der Waals surface area contributed by atoms with Gasteiger partial charge in [0.05, 0.1) is 9.81 Å². The first kappa shape index (κ1) is 31.1. The first-order chi connectivity index (χ1) is 21.0. The van der Waals surface area contributed by atoms with Crippen molar-refractivity contribution in [2.24, 2.45) is 0 Å². The van der Waals surface area contributed by atoms with Crippen LogP contribution in [-0.2, 0) is 19.2 Å². The van der Waals surface area contributed by atoms with Crippen LogP contribution in [0.15, 0.2) is 82.6 Å². The largest absolute Gasteiger partial charge is 0.480 e. The van der Waals surface area contributed by atoms with Crippen molar-refractivity contribution in [2.45, 2.75) is 6.92 Å². The summed E-state index contributed by atoms with van der Waals surface area (Å²) >= 11 is 12.5. The van der Waals surface area contributed by atoms with Crippen LogP contribution in [0.25, 0.3) is 12.2 Å². The topological polar surface area (TPSA) is 118 Å². The van der Waals surface area contributed by atoms with Gasteiger partial charge in [0.25, 0.3) is 11.8 Å². The summed E-state index contributed by atoms with van der Waals surface area (Å²) in [5.74, 6) is -3.13. The Morgan fingerprint density at radius 2 is 1.02 bits per heavy atom. The summed E-state index contributed by atoms with van der Waals surface area (Å²) in [5, 5.41) is 18.2. The molecule has 2 aliphatic rings. The lowest BCUT2D eigenvalue weighted by Gasteiger charge is -2.26. The quantitative estimate of drug-likeness (QED) is 0.207. The molecule has 0 aromatic heterocycles. The number of rotatable bonds is 9. The van der Waals surface area contributed by atoms with Gasteiger partial charge in [-0.25, -0.2) is 0 Å². The second-order valence-electron chi connectivity index (χ2n) is 9.68. The first-order valence-corrected chi connectivity index (χ1v) is 15.5. The van der Waals surface area contributed by atoms with E-state index in [0.29, 0.717) is 9.81 Å². The summed E-state index contributed by atoms with van der Waals surface area (Å²) in [6.07, 6.45) is 3.38. The number of thioether (sulfide) groups is 2. The van der Waals surface area contributed by atoms with Gasteiger partial charge < -0.3 is 15.1 Å². The average molecular weight is 662 g/mol. The number of carbonyl (C=O) groups is 4. The molecule has 0 spiro atoms. The summed E-state index contributed by atoms with van der Waals surface area (Å²) in [5.41, 5.74) is 5.24. The number of benzene rings is 3. The van der Waals surface area contributed by atoms with Crippen LogP contribution in [-0.4, -0.2) is 65.5 Å². The molecular formula is C31H23N3O6S4. The maximum absolute atomic E-state index is 12.7. The summed E-state index contributed by atoms with van der Waals surface area (Å²) in [4.78, 5) is 52.5. The van der Waals surface area contributed by atoms with Crippen LogP contribution in [0.3, 0.4) is 0 Å². The normalized spacial score (nSPS) is 16.8. The number of thiocarbonyl (C=S) groups is 2. The van der Waals surface area contributed by atoms with Crippen LogP contribution in [0.2, 0.25) is 0 Å².